The number of benzene rings is 2. The summed E-state index contributed by atoms with van der Waals surface area (Å²) in [4.78, 5) is 15.0. The summed E-state index contributed by atoms with van der Waals surface area (Å²) in [5.74, 6) is 0.750. The molecule has 0 spiro atoms. The molecule has 2 aromatic carbocycles. The van der Waals surface area contributed by atoms with E-state index in [9.17, 15) is 4.79 Å². The van der Waals surface area contributed by atoms with Crippen LogP contribution in [-0.2, 0) is 9.53 Å². The van der Waals surface area contributed by atoms with Crippen molar-refractivity contribution in [2.24, 2.45) is 0 Å². The summed E-state index contributed by atoms with van der Waals surface area (Å²) in [5.41, 5.74) is 2.96. The third-order valence-corrected chi connectivity index (χ3v) is 5.96. The van der Waals surface area contributed by atoms with Crippen molar-refractivity contribution in [2.75, 3.05) is 20.3 Å². The van der Waals surface area contributed by atoms with Crippen LogP contribution in [0.25, 0.3) is 6.08 Å². The number of rotatable bonds is 5. The molecular formula is C22H19NO3S2. The maximum Gasteiger partial charge on any atom is 0.266 e. The lowest BCUT2D eigenvalue weighted by molar-refractivity contribution is -0.122. The number of nitrogens with zero attached hydrogens (tertiary/aromatic N) is 1. The van der Waals surface area contributed by atoms with E-state index in [4.69, 9.17) is 21.7 Å². The first-order valence-corrected chi connectivity index (χ1v) is 10.2. The molecule has 1 amide bonds. The Hall–Kier alpha value is -2.41. The maximum absolute atomic E-state index is 12.8. The van der Waals surface area contributed by atoms with E-state index in [1.165, 1.54) is 11.8 Å². The standard InChI is InChI=1S/C22H19NO3S2/c1-25-12-11-23-21(24)19(28-22(23)27)14-17-13-16-9-5-6-10-18(16)26-20(17)15-7-3-2-4-8-15/h2-10,13-14,20H,11-12H2,1H3/b19-14+. The lowest BCUT2D eigenvalue weighted by Gasteiger charge is -2.26. The van der Waals surface area contributed by atoms with Crippen LogP contribution in [0.2, 0.25) is 0 Å². The second kappa shape index (κ2) is 8.31. The molecule has 0 N–H and O–H groups in total. The summed E-state index contributed by atoms with van der Waals surface area (Å²) in [6.45, 7) is 0.907. The van der Waals surface area contributed by atoms with Crippen molar-refractivity contribution in [3.8, 4) is 5.75 Å². The number of para-hydroxylation sites is 1. The van der Waals surface area contributed by atoms with Crippen LogP contribution in [0.15, 0.2) is 71.2 Å². The number of hydrogen-bond donors (Lipinski definition) is 0. The molecule has 0 aliphatic carbocycles. The van der Waals surface area contributed by atoms with Crippen LogP contribution in [0.4, 0.5) is 0 Å². The predicted octanol–water partition coefficient (Wildman–Crippen LogP) is 4.59. The number of ether oxygens (including phenoxy) is 2. The van der Waals surface area contributed by atoms with Crippen LogP contribution in [-0.4, -0.2) is 35.4 Å². The molecule has 2 aliphatic heterocycles. The van der Waals surface area contributed by atoms with Gasteiger partial charge in [-0.25, -0.2) is 0 Å². The van der Waals surface area contributed by atoms with E-state index in [1.807, 2.05) is 60.7 Å². The Morgan fingerprint density at radius 1 is 1.18 bits per heavy atom. The Morgan fingerprint density at radius 3 is 2.71 bits per heavy atom. The highest BCUT2D eigenvalue weighted by Gasteiger charge is 2.33. The van der Waals surface area contributed by atoms with Gasteiger partial charge in [0.2, 0.25) is 0 Å². The lowest BCUT2D eigenvalue weighted by atomic mass is 9.95. The third-order valence-electron chi connectivity index (χ3n) is 4.58. The monoisotopic (exact) mass is 409 g/mol. The second-order valence-corrected chi connectivity index (χ2v) is 8.09. The molecule has 1 unspecified atom stereocenters. The van der Waals surface area contributed by atoms with Gasteiger partial charge in [0.05, 0.1) is 18.1 Å². The number of thiocarbonyl (C=S) groups is 1. The molecule has 4 nitrogen and oxygen atoms in total. The average molecular weight is 410 g/mol. The number of carbonyl (C=O) groups excluding carboxylic acids is 1. The Balaban J connectivity index is 1.71. The van der Waals surface area contributed by atoms with E-state index in [2.05, 4.69) is 6.08 Å². The third kappa shape index (κ3) is 3.76. The minimum Gasteiger partial charge on any atom is -0.480 e. The number of carbonyl (C=O) groups is 1. The summed E-state index contributed by atoms with van der Waals surface area (Å²) in [6, 6.07) is 17.9. The summed E-state index contributed by atoms with van der Waals surface area (Å²) >= 11 is 6.70. The van der Waals surface area contributed by atoms with Crippen LogP contribution < -0.4 is 4.74 Å². The Kier molecular flexibility index (Phi) is 5.62. The number of amides is 1. The average Bonchev–Trinajstić information content (AvgIpc) is 2.99. The molecule has 142 valence electrons. The number of methoxy groups -OCH3 is 1. The second-order valence-electron chi connectivity index (χ2n) is 6.42. The van der Waals surface area contributed by atoms with E-state index in [1.54, 1.807) is 12.0 Å². The molecule has 2 heterocycles. The smallest absolute Gasteiger partial charge is 0.266 e. The van der Waals surface area contributed by atoms with Gasteiger partial charge >= 0.3 is 0 Å². The van der Waals surface area contributed by atoms with Crippen LogP contribution in [0.3, 0.4) is 0 Å². The predicted molar refractivity (Wildman–Crippen MR) is 116 cm³/mol. The molecule has 1 saturated heterocycles. The summed E-state index contributed by atoms with van der Waals surface area (Å²) in [7, 11) is 1.61. The first-order chi connectivity index (χ1) is 13.7. The fourth-order valence-electron chi connectivity index (χ4n) is 3.19. The van der Waals surface area contributed by atoms with Gasteiger partial charge in [0.25, 0.3) is 5.91 Å². The Morgan fingerprint density at radius 2 is 1.93 bits per heavy atom. The summed E-state index contributed by atoms with van der Waals surface area (Å²) < 4.78 is 11.9. The summed E-state index contributed by atoms with van der Waals surface area (Å²) in [5, 5.41) is 0. The molecule has 4 rings (SSSR count). The van der Waals surface area contributed by atoms with Crippen LogP contribution >= 0.6 is 24.0 Å². The van der Waals surface area contributed by atoms with E-state index in [0.29, 0.717) is 22.4 Å². The maximum atomic E-state index is 12.8. The van der Waals surface area contributed by atoms with Gasteiger partial charge in [-0.2, -0.15) is 0 Å². The zero-order valence-electron chi connectivity index (χ0n) is 15.3. The minimum absolute atomic E-state index is 0.0846. The lowest BCUT2D eigenvalue weighted by Crippen LogP contribution is -2.31. The van der Waals surface area contributed by atoms with Gasteiger partial charge in [0.15, 0.2) is 0 Å². The molecule has 0 radical (unpaired) electrons. The van der Waals surface area contributed by atoms with Crippen molar-refractivity contribution in [2.45, 2.75) is 6.10 Å². The Labute approximate surface area is 173 Å². The molecule has 0 bridgehead atoms. The van der Waals surface area contributed by atoms with Gasteiger partial charge in [-0.15, -0.1) is 0 Å². The van der Waals surface area contributed by atoms with Crippen molar-refractivity contribution in [3.63, 3.8) is 0 Å². The highest BCUT2D eigenvalue weighted by Crippen LogP contribution is 2.40. The highest BCUT2D eigenvalue weighted by atomic mass is 32.2. The molecule has 1 atom stereocenters. The van der Waals surface area contributed by atoms with Crippen molar-refractivity contribution >= 4 is 40.3 Å². The topological polar surface area (TPSA) is 38.8 Å². The van der Waals surface area contributed by atoms with Crippen molar-refractivity contribution < 1.29 is 14.3 Å². The quantitative estimate of drug-likeness (QED) is 0.533. The Bertz CT molecular complexity index is 969. The van der Waals surface area contributed by atoms with Gasteiger partial charge in [-0.05, 0) is 29.4 Å². The first-order valence-electron chi connectivity index (χ1n) is 8.94. The van der Waals surface area contributed by atoms with E-state index in [0.717, 1.165) is 22.4 Å². The largest absolute Gasteiger partial charge is 0.480 e. The zero-order chi connectivity index (χ0) is 19.5. The van der Waals surface area contributed by atoms with E-state index >= 15 is 0 Å². The summed E-state index contributed by atoms with van der Waals surface area (Å²) in [6.07, 6.45) is 3.70. The van der Waals surface area contributed by atoms with Crippen molar-refractivity contribution in [3.05, 3.63) is 82.3 Å². The molecule has 2 aromatic rings. The molecule has 0 saturated carbocycles. The number of fused-ring (bicyclic) bond motifs is 1. The molecule has 2 aliphatic rings. The van der Waals surface area contributed by atoms with Crippen molar-refractivity contribution in [1.29, 1.82) is 0 Å². The van der Waals surface area contributed by atoms with Crippen LogP contribution in [0.5, 0.6) is 5.75 Å². The van der Waals surface area contributed by atoms with Gasteiger partial charge in [0, 0.05) is 12.7 Å². The number of thioether (sulfide) groups is 1. The van der Waals surface area contributed by atoms with Gasteiger partial charge in [-0.3, -0.25) is 9.69 Å². The molecule has 6 heteroatoms. The molecule has 28 heavy (non-hydrogen) atoms. The molecular weight excluding hydrogens is 390 g/mol. The van der Waals surface area contributed by atoms with Gasteiger partial charge in [0.1, 0.15) is 16.2 Å². The van der Waals surface area contributed by atoms with Crippen LogP contribution in [0.1, 0.15) is 17.2 Å². The SMILES string of the molecule is COCCN1C(=O)/C(=C\C2=Cc3ccccc3OC2c2ccccc2)SC1=S. The van der Waals surface area contributed by atoms with Gasteiger partial charge < -0.3 is 9.47 Å². The normalized spacial score (nSPS) is 20.2. The fraction of sp³-hybridized carbons (Fsp3) is 0.182. The zero-order valence-corrected chi connectivity index (χ0v) is 17.0. The highest BCUT2D eigenvalue weighted by molar-refractivity contribution is 8.26. The van der Waals surface area contributed by atoms with Gasteiger partial charge in [-0.1, -0.05) is 72.5 Å². The van der Waals surface area contributed by atoms with Crippen molar-refractivity contribution in [1.82, 2.24) is 4.90 Å². The first kappa shape index (κ1) is 18.9. The molecule has 1 fully saturated rings. The van der Waals surface area contributed by atoms with E-state index < -0.39 is 0 Å². The number of hydrogen-bond acceptors (Lipinski definition) is 5. The van der Waals surface area contributed by atoms with Crippen LogP contribution in [0, 0.1) is 0 Å². The minimum atomic E-state index is -0.279. The fourth-order valence-corrected chi connectivity index (χ4v) is 4.50. The van der Waals surface area contributed by atoms with E-state index in [-0.39, 0.29) is 12.0 Å². The molecule has 0 aromatic heterocycles.